The van der Waals surface area contributed by atoms with E-state index in [1.165, 1.54) is 69.9 Å². The Labute approximate surface area is 306 Å². The maximum Gasteiger partial charge on any atom is 0.261 e. The van der Waals surface area contributed by atoms with E-state index in [1.54, 1.807) is 0 Å². The molecule has 8 rings (SSSR count). The van der Waals surface area contributed by atoms with E-state index in [4.69, 9.17) is 14.5 Å². The lowest BCUT2D eigenvalue weighted by Gasteiger charge is -2.57. The van der Waals surface area contributed by atoms with Crippen LogP contribution in [0, 0.1) is 40.4 Å². The summed E-state index contributed by atoms with van der Waals surface area (Å²) in [6.07, 6.45) is 19.8. The number of hydrogen-bond acceptors (Lipinski definition) is 9. The van der Waals surface area contributed by atoms with E-state index in [2.05, 4.69) is 52.5 Å². The Morgan fingerprint density at radius 2 is 1.45 bits per heavy atom. The predicted molar refractivity (Wildman–Crippen MR) is 204 cm³/mol. The third-order valence-corrected chi connectivity index (χ3v) is 14.1. The van der Waals surface area contributed by atoms with Crippen molar-refractivity contribution in [1.29, 1.82) is 0 Å². The van der Waals surface area contributed by atoms with Crippen molar-refractivity contribution in [3.05, 3.63) is 29.9 Å². The van der Waals surface area contributed by atoms with Gasteiger partial charge in [-0.25, -0.2) is 0 Å². The lowest BCUT2D eigenvalue weighted by atomic mass is 9.47. The van der Waals surface area contributed by atoms with Crippen LogP contribution in [0.5, 0.6) is 0 Å². The van der Waals surface area contributed by atoms with Crippen LogP contribution in [0.15, 0.2) is 29.9 Å². The minimum Gasteiger partial charge on any atom is -0.412 e. The van der Waals surface area contributed by atoms with Gasteiger partial charge < -0.3 is 20.2 Å². The number of carbonyl (C=O) groups is 1. The van der Waals surface area contributed by atoms with Crippen molar-refractivity contribution in [3.63, 3.8) is 0 Å². The molecule has 12 heteroatoms. The summed E-state index contributed by atoms with van der Waals surface area (Å²) in [7, 11) is -3.67. The zero-order valence-electron chi connectivity index (χ0n) is 31.4. The molecule has 3 saturated carbocycles. The number of hydrogen-bond donors (Lipinski definition) is 1. The average molecular weight is 727 g/mol. The van der Waals surface area contributed by atoms with Gasteiger partial charge in [-0.15, -0.1) is 0 Å². The van der Waals surface area contributed by atoms with E-state index in [9.17, 15) is 13.2 Å². The van der Waals surface area contributed by atoms with Gasteiger partial charge in [0.05, 0.1) is 6.26 Å². The highest BCUT2D eigenvalue weighted by Crippen LogP contribution is 2.67. The van der Waals surface area contributed by atoms with Gasteiger partial charge in [0.25, 0.3) is 10.1 Å². The molecule has 4 heterocycles. The summed E-state index contributed by atoms with van der Waals surface area (Å²) in [5.74, 6) is 7.35. The Bertz CT molecular complexity index is 1540. The first kappa shape index (κ1) is 38.2. The molecule has 7 aliphatic rings. The predicted octanol–water partition coefficient (Wildman–Crippen LogP) is 5.04. The molecular formula is C39H62N6O5S. The lowest BCUT2D eigenvalue weighted by molar-refractivity contribution is -0.111. The monoisotopic (exact) mass is 726 g/mol. The summed E-state index contributed by atoms with van der Waals surface area (Å²) in [6.45, 7) is 17.7. The van der Waals surface area contributed by atoms with Gasteiger partial charge in [0.15, 0.2) is 5.78 Å². The van der Waals surface area contributed by atoms with Crippen molar-refractivity contribution in [2.75, 3.05) is 79.9 Å². The second-order valence-electron chi connectivity index (χ2n) is 17.1. The molecule has 0 aromatic carbocycles. The highest BCUT2D eigenvalue weighted by Gasteiger charge is 2.59. The summed E-state index contributed by atoms with van der Waals surface area (Å²) in [4.78, 5) is 32.6. The normalized spacial score (nSPS) is 34.2. The fourth-order valence-electron chi connectivity index (χ4n) is 11.6. The molecule has 11 nitrogen and oxygen atoms in total. The van der Waals surface area contributed by atoms with E-state index in [0.29, 0.717) is 17.6 Å². The second kappa shape index (κ2) is 15.1. The molecule has 7 atom stereocenters. The van der Waals surface area contributed by atoms with Gasteiger partial charge in [-0.1, -0.05) is 32.4 Å². The number of ketones is 1. The molecule has 284 valence electrons. The van der Waals surface area contributed by atoms with Crippen LogP contribution in [-0.2, 0) is 14.9 Å². The third-order valence-electron chi connectivity index (χ3n) is 14.1. The van der Waals surface area contributed by atoms with Crippen molar-refractivity contribution < 1.29 is 23.2 Å². The molecule has 3 saturated heterocycles. The molecule has 0 amide bonds. The Balaban J connectivity index is 0.000000700. The van der Waals surface area contributed by atoms with E-state index >= 15 is 0 Å². The molecule has 6 fully saturated rings. The highest BCUT2D eigenvalue weighted by atomic mass is 32.2. The number of rotatable bonds is 6. The third kappa shape index (κ3) is 7.89. The van der Waals surface area contributed by atoms with Crippen LogP contribution in [0.2, 0.25) is 0 Å². The summed E-state index contributed by atoms with van der Waals surface area (Å²) in [5.41, 5.74) is 1.99. The largest absolute Gasteiger partial charge is 0.412 e. The smallest absolute Gasteiger partial charge is 0.261 e. The Hall–Kier alpha value is -2.54. The van der Waals surface area contributed by atoms with Gasteiger partial charge in [-0.2, -0.15) is 18.4 Å². The molecule has 1 unspecified atom stereocenters. The van der Waals surface area contributed by atoms with Crippen LogP contribution in [-0.4, -0.2) is 104 Å². The van der Waals surface area contributed by atoms with E-state index in [-0.39, 0.29) is 16.7 Å². The van der Waals surface area contributed by atoms with E-state index in [1.807, 2.05) is 12.2 Å². The number of carbonyl (C=O) groups excluding carboxylic acids is 1. The van der Waals surface area contributed by atoms with Gasteiger partial charge in [0, 0.05) is 70.4 Å². The molecule has 4 aliphatic carbocycles. The van der Waals surface area contributed by atoms with Gasteiger partial charge in [0.2, 0.25) is 5.95 Å². The van der Waals surface area contributed by atoms with Crippen LogP contribution in [0.25, 0.3) is 0 Å². The average Bonchev–Trinajstić information content (AvgIpc) is 3.86. The first-order valence-corrected chi connectivity index (χ1v) is 21.4. The van der Waals surface area contributed by atoms with Crippen molar-refractivity contribution in [3.8, 4) is 0 Å². The standard InChI is InChI=1S/C38H56N6O.CH4O3S.H2O/c1-27(31-10-11-32-30-9-8-28-24-29(45)12-14-37(28,2)33(30)13-15-38(31,32)3)26-41-20-22-43(23-21-41)35-25-34(42-16-4-5-17-42)39-36(40-35)44-18-6-7-19-44;1-5(2,3)4;/h12,14,24-25,27,30-33H,4-11,13,15-23,26H2,1-3H3;1H3,(H,2,3,4);1H2/t27?,30-,31+,32-,33-,37-,38+;;/m0../s1. The zero-order chi connectivity index (χ0) is 35.3. The maximum absolute atomic E-state index is 12.2. The molecule has 0 bridgehead atoms. The van der Waals surface area contributed by atoms with Crippen molar-refractivity contribution in [1.82, 2.24) is 14.9 Å². The number of allylic oxidation sites excluding steroid dienone is 4. The van der Waals surface area contributed by atoms with E-state index < -0.39 is 10.1 Å². The number of nitrogens with zero attached hydrogens (tertiary/aromatic N) is 6. The number of piperazine rings is 1. The lowest BCUT2D eigenvalue weighted by Crippen LogP contribution is -2.51. The zero-order valence-corrected chi connectivity index (χ0v) is 32.2. The second-order valence-corrected chi connectivity index (χ2v) is 18.6. The molecule has 1 aromatic heterocycles. The van der Waals surface area contributed by atoms with Crippen LogP contribution >= 0.6 is 0 Å². The van der Waals surface area contributed by atoms with Crippen LogP contribution < -0.4 is 14.7 Å². The SMILES string of the molecule is CC(CN1CCN(c2cc(N3CCCC3)nc(N3CCCC3)n2)CC1)[C@H]1CC[C@H]2[C@@H]3CCC4=CC(=O)C=C[C@]4(C)[C@H]3CC[C@]12C.CS(=O)(=O)O.O. The number of fused-ring (bicyclic) bond motifs is 5. The molecule has 51 heavy (non-hydrogen) atoms. The minimum absolute atomic E-state index is 0. The van der Waals surface area contributed by atoms with Crippen molar-refractivity contribution in [2.45, 2.75) is 85.0 Å². The van der Waals surface area contributed by atoms with Gasteiger partial charge in [-0.3, -0.25) is 14.2 Å². The van der Waals surface area contributed by atoms with Crippen molar-refractivity contribution in [2.24, 2.45) is 40.4 Å². The fourth-order valence-corrected chi connectivity index (χ4v) is 11.6. The molecule has 3 aliphatic heterocycles. The molecular weight excluding hydrogens is 665 g/mol. The van der Waals surface area contributed by atoms with Gasteiger partial charge in [0.1, 0.15) is 11.6 Å². The summed E-state index contributed by atoms with van der Waals surface area (Å²) >= 11 is 0. The summed E-state index contributed by atoms with van der Waals surface area (Å²) in [5, 5.41) is 0. The Morgan fingerprint density at radius 3 is 2.08 bits per heavy atom. The maximum atomic E-state index is 12.2. The Kier molecular flexibility index (Phi) is 11.3. The van der Waals surface area contributed by atoms with Crippen LogP contribution in [0.3, 0.4) is 0 Å². The highest BCUT2D eigenvalue weighted by molar-refractivity contribution is 7.85. The number of anilines is 3. The fraction of sp³-hybridized carbons (Fsp3) is 0.769. The van der Waals surface area contributed by atoms with E-state index in [0.717, 1.165) is 100 Å². The first-order chi connectivity index (χ1) is 23.8. The molecule has 0 spiro atoms. The van der Waals surface area contributed by atoms with Gasteiger partial charge >= 0.3 is 0 Å². The Morgan fingerprint density at radius 1 is 0.863 bits per heavy atom. The minimum atomic E-state index is -3.67. The first-order valence-electron chi connectivity index (χ1n) is 19.5. The van der Waals surface area contributed by atoms with Crippen molar-refractivity contribution >= 4 is 33.5 Å². The molecule has 0 radical (unpaired) electrons. The van der Waals surface area contributed by atoms with Crippen LogP contribution in [0.1, 0.15) is 85.0 Å². The molecule has 3 N–H and O–H groups in total. The molecule has 1 aromatic rings. The van der Waals surface area contributed by atoms with Gasteiger partial charge in [-0.05, 0) is 111 Å². The number of aromatic nitrogens is 2. The quantitative estimate of drug-likeness (QED) is 0.397. The topological polar surface area (TPSA) is 142 Å². The van der Waals surface area contributed by atoms with Crippen LogP contribution in [0.4, 0.5) is 17.6 Å². The summed E-state index contributed by atoms with van der Waals surface area (Å²) < 4.78 is 25.9. The summed E-state index contributed by atoms with van der Waals surface area (Å²) in [6, 6.07) is 2.28.